The van der Waals surface area contributed by atoms with E-state index in [4.69, 9.17) is 9.47 Å². The summed E-state index contributed by atoms with van der Waals surface area (Å²) in [6.07, 6.45) is 2.42. The average molecular weight is 384 g/mol. The molecule has 146 valence electrons. The van der Waals surface area contributed by atoms with E-state index in [-0.39, 0.29) is 4.90 Å². The molecule has 0 unspecified atom stereocenters. The number of hydrogen-bond donors (Lipinski definition) is 1. The summed E-state index contributed by atoms with van der Waals surface area (Å²) < 4.78 is 38.2. The molecule has 0 saturated carbocycles. The molecule has 0 spiro atoms. The average Bonchev–Trinajstić information content (AvgIpc) is 2.68. The van der Waals surface area contributed by atoms with Crippen molar-refractivity contribution in [1.82, 2.24) is 14.5 Å². The van der Waals surface area contributed by atoms with Gasteiger partial charge in [-0.05, 0) is 44.0 Å². The van der Waals surface area contributed by atoms with Crippen molar-refractivity contribution >= 4 is 10.0 Å². The lowest BCUT2D eigenvalue weighted by atomic mass is 9.97. The van der Waals surface area contributed by atoms with Gasteiger partial charge in [0, 0.05) is 38.8 Å². The Bertz CT molecular complexity index is 696. The van der Waals surface area contributed by atoms with E-state index in [0.717, 1.165) is 38.6 Å². The lowest BCUT2D eigenvalue weighted by molar-refractivity contribution is 0.152. The molecule has 0 aromatic heterocycles. The van der Waals surface area contributed by atoms with Crippen molar-refractivity contribution < 1.29 is 17.9 Å². The first-order valence-electron chi connectivity index (χ1n) is 9.20. The number of ether oxygens (including phenoxy) is 2. The summed E-state index contributed by atoms with van der Waals surface area (Å²) in [5, 5.41) is 3.39. The molecule has 1 N–H and O–H groups in total. The summed E-state index contributed by atoms with van der Waals surface area (Å²) in [7, 11) is -0.593. The number of piperazine rings is 1. The fraction of sp³-hybridized carbons (Fsp3) is 0.667. The number of piperidine rings is 1. The van der Waals surface area contributed by atoms with Crippen molar-refractivity contribution in [3.63, 3.8) is 0 Å². The molecule has 2 aliphatic heterocycles. The Morgan fingerprint density at radius 1 is 1.08 bits per heavy atom. The van der Waals surface area contributed by atoms with Gasteiger partial charge in [0.05, 0.1) is 14.2 Å². The first kappa shape index (κ1) is 19.4. The van der Waals surface area contributed by atoms with E-state index in [0.29, 0.717) is 24.6 Å². The highest BCUT2D eigenvalue weighted by molar-refractivity contribution is 7.89. The number of methoxy groups -OCH3 is 2. The molecule has 0 aliphatic carbocycles. The molecule has 2 fully saturated rings. The minimum Gasteiger partial charge on any atom is -0.497 e. The van der Waals surface area contributed by atoms with Gasteiger partial charge in [0.2, 0.25) is 10.0 Å². The highest BCUT2D eigenvalue weighted by atomic mass is 32.2. The van der Waals surface area contributed by atoms with Crippen LogP contribution in [0.3, 0.4) is 0 Å². The minimum absolute atomic E-state index is 0.172. The molecule has 0 bridgehead atoms. The topological polar surface area (TPSA) is 71.1 Å². The van der Waals surface area contributed by atoms with Crippen LogP contribution in [0.2, 0.25) is 0 Å². The van der Waals surface area contributed by atoms with E-state index in [9.17, 15) is 8.42 Å². The van der Waals surface area contributed by atoms with Gasteiger partial charge >= 0.3 is 0 Å². The summed E-state index contributed by atoms with van der Waals surface area (Å²) in [5.41, 5.74) is 0. The zero-order valence-corrected chi connectivity index (χ0v) is 16.4. The Morgan fingerprint density at radius 3 is 2.38 bits per heavy atom. The van der Waals surface area contributed by atoms with Crippen molar-refractivity contribution in [3.05, 3.63) is 18.2 Å². The monoisotopic (exact) mass is 383 g/mol. The van der Waals surface area contributed by atoms with Crippen LogP contribution in [0, 0.1) is 5.92 Å². The predicted molar refractivity (Wildman–Crippen MR) is 100 cm³/mol. The smallest absolute Gasteiger partial charge is 0.246 e. The van der Waals surface area contributed by atoms with Gasteiger partial charge in [-0.15, -0.1) is 0 Å². The summed E-state index contributed by atoms with van der Waals surface area (Å²) >= 11 is 0. The van der Waals surface area contributed by atoms with Crippen LogP contribution in [-0.4, -0.2) is 77.7 Å². The normalized spacial score (nSPS) is 20.8. The van der Waals surface area contributed by atoms with Gasteiger partial charge in [0.25, 0.3) is 0 Å². The molecule has 8 heteroatoms. The van der Waals surface area contributed by atoms with Crippen LogP contribution < -0.4 is 14.8 Å². The summed E-state index contributed by atoms with van der Waals surface area (Å²) in [6, 6.07) is 4.88. The standard InChI is InChI=1S/C18H29N3O4S/c1-24-16-3-4-17(25-2)18(13-16)26(22,23)21-11-9-20(10-12-21)14-15-5-7-19-8-6-15/h3-4,13,15,19H,5-12,14H2,1-2H3. The number of sulfonamides is 1. The number of hydrogen-bond acceptors (Lipinski definition) is 6. The molecule has 2 aliphatic rings. The van der Waals surface area contributed by atoms with Gasteiger partial charge in [0.1, 0.15) is 16.4 Å². The van der Waals surface area contributed by atoms with Crippen LogP contribution in [0.25, 0.3) is 0 Å². The highest BCUT2D eigenvalue weighted by Crippen LogP contribution is 2.31. The maximum absolute atomic E-state index is 13.1. The first-order chi connectivity index (χ1) is 12.5. The predicted octanol–water partition coefficient (Wildman–Crippen LogP) is 1.01. The molecule has 0 amide bonds. The molecule has 0 radical (unpaired) electrons. The van der Waals surface area contributed by atoms with Crippen LogP contribution in [0.5, 0.6) is 11.5 Å². The molecule has 1 aromatic rings. The quantitative estimate of drug-likeness (QED) is 0.791. The highest BCUT2D eigenvalue weighted by Gasteiger charge is 2.32. The van der Waals surface area contributed by atoms with Crippen LogP contribution in [-0.2, 0) is 10.0 Å². The first-order valence-corrected chi connectivity index (χ1v) is 10.6. The number of nitrogens with zero attached hydrogens (tertiary/aromatic N) is 2. The van der Waals surface area contributed by atoms with E-state index in [2.05, 4.69) is 10.2 Å². The van der Waals surface area contributed by atoms with Crippen molar-refractivity contribution in [2.75, 3.05) is 60.0 Å². The van der Waals surface area contributed by atoms with Gasteiger partial charge in [-0.2, -0.15) is 4.31 Å². The molecule has 26 heavy (non-hydrogen) atoms. The van der Waals surface area contributed by atoms with Gasteiger partial charge in [-0.25, -0.2) is 8.42 Å². The number of nitrogens with one attached hydrogen (secondary N) is 1. The van der Waals surface area contributed by atoms with Crippen molar-refractivity contribution in [3.8, 4) is 11.5 Å². The van der Waals surface area contributed by atoms with E-state index in [1.54, 1.807) is 16.4 Å². The van der Waals surface area contributed by atoms with Crippen LogP contribution in [0.4, 0.5) is 0 Å². The Kier molecular flexibility index (Phi) is 6.39. The second kappa shape index (κ2) is 8.56. The Labute approximate surface area is 156 Å². The molecular formula is C18H29N3O4S. The lowest BCUT2D eigenvalue weighted by Crippen LogP contribution is -2.50. The van der Waals surface area contributed by atoms with E-state index < -0.39 is 10.0 Å². The van der Waals surface area contributed by atoms with Crippen LogP contribution in [0.15, 0.2) is 23.1 Å². The minimum atomic E-state index is -3.60. The third-order valence-electron chi connectivity index (χ3n) is 5.29. The van der Waals surface area contributed by atoms with Gasteiger partial charge in [-0.3, -0.25) is 0 Å². The summed E-state index contributed by atoms with van der Waals surface area (Å²) in [5.74, 6) is 1.58. The lowest BCUT2D eigenvalue weighted by Gasteiger charge is -2.36. The zero-order chi connectivity index (χ0) is 18.6. The van der Waals surface area contributed by atoms with Crippen LogP contribution in [0.1, 0.15) is 12.8 Å². The summed E-state index contributed by atoms with van der Waals surface area (Å²) in [4.78, 5) is 2.57. The number of rotatable bonds is 6. The molecule has 0 atom stereocenters. The largest absolute Gasteiger partial charge is 0.497 e. The Hall–Kier alpha value is -1.35. The zero-order valence-electron chi connectivity index (χ0n) is 15.6. The Morgan fingerprint density at radius 2 is 1.77 bits per heavy atom. The second-order valence-corrected chi connectivity index (χ2v) is 8.82. The molecular weight excluding hydrogens is 354 g/mol. The maximum Gasteiger partial charge on any atom is 0.246 e. The van der Waals surface area contributed by atoms with Crippen molar-refractivity contribution in [1.29, 1.82) is 0 Å². The van der Waals surface area contributed by atoms with Gasteiger partial charge in [0.15, 0.2) is 0 Å². The Balaban J connectivity index is 1.66. The molecule has 2 saturated heterocycles. The SMILES string of the molecule is COc1ccc(OC)c(S(=O)(=O)N2CCN(CC3CCNCC3)CC2)c1. The maximum atomic E-state index is 13.1. The van der Waals surface area contributed by atoms with E-state index in [1.807, 2.05) is 0 Å². The summed E-state index contributed by atoms with van der Waals surface area (Å²) in [6.45, 7) is 5.81. The molecule has 7 nitrogen and oxygen atoms in total. The van der Waals surface area contributed by atoms with Gasteiger partial charge in [-0.1, -0.05) is 0 Å². The molecule has 1 aromatic carbocycles. The third-order valence-corrected chi connectivity index (χ3v) is 7.21. The number of benzene rings is 1. The fourth-order valence-corrected chi connectivity index (χ4v) is 5.30. The van der Waals surface area contributed by atoms with Gasteiger partial charge < -0.3 is 19.7 Å². The van der Waals surface area contributed by atoms with Crippen LogP contribution >= 0.6 is 0 Å². The fourth-order valence-electron chi connectivity index (χ4n) is 3.71. The van der Waals surface area contributed by atoms with E-state index in [1.165, 1.54) is 33.1 Å². The van der Waals surface area contributed by atoms with Crippen molar-refractivity contribution in [2.45, 2.75) is 17.7 Å². The molecule has 3 rings (SSSR count). The second-order valence-electron chi connectivity index (χ2n) is 6.91. The molecule has 2 heterocycles. The van der Waals surface area contributed by atoms with E-state index >= 15 is 0 Å². The van der Waals surface area contributed by atoms with Crippen molar-refractivity contribution in [2.24, 2.45) is 5.92 Å². The third kappa shape index (κ3) is 4.31.